The minimum atomic E-state index is -0.112. The quantitative estimate of drug-likeness (QED) is 0.686. The van der Waals surface area contributed by atoms with Crippen molar-refractivity contribution in [3.63, 3.8) is 0 Å². The van der Waals surface area contributed by atoms with Crippen LogP contribution in [0.4, 0.5) is 0 Å². The van der Waals surface area contributed by atoms with Gasteiger partial charge in [0.2, 0.25) is 0 Å². The van der Waals surface area contributed by atoms with Crippen molar-refractivity contribution in [2.45, 2.75) is 59.0 Å². The Morgan fingerprint density at radius 2 is 1.95 bits per heavy atom. The second-order valence-corrected chi connectivity index (χ2v) is 6.66. The number of carbonyl (C=O) groups is 1. The van der Waals surface area contributed by atoms with E-state index in [9.17, 15) is 4.79 Å². The van der Waals surface area contributed by atoms with Gasteiger partial charge < -0.3 is 9.57 Å². The van der Waals surface area contributed by atoms with Gasteiger partial charge in [0, 0.05) is 5.41 Å². The van der Waals surface area contributed by atoms with Crippen molar-refractivity contribution >= 4 is 11.7 Å². The lowest BCUT2D eigenvalue weighted by molar-refractivity contribution is -0.148. The van der Waals surface area contributed by atoms with Crippen molar-refractivity contribution in [3.05, 3.63) is 0 Å². The maximum atomic E-state index is 12.1. The van der Waals surface area contributed by atoms with Crippen molar-refractivity contribution < 1.29 is 14.4 Å². The van der Waals surface area contributed by atoms with Gasteiger partial charge in [-0.2, -0.15) is 0 Å². The first-order valence-corrected chi connectivity index (χ1v) is 7.27. The van der Waals surface area contributed by atoms with E-state index in [1.54, 1.807) is 0 Å². The number of carbonyl (C=O) groups excluding carboxylic acids is 1. The van der Waals surface area contributed by atoms with Crippen LogP contribution >= 0.6 is 0 Å². The summed E-state index contributed by atoms with van der Waals surface area (Å²) in [4.78, 5) is 17.8. The Morgan fingerprint density at radius 1 is 1.26 bits per heavy atom. The van der Waals surface area contributed by atoms with Crippen LogP contribution in [0.15, 0.2) is 5.16 Å². The maximum Gasteiger partial charge on any atom is 0.309 e. The van der Waals surface area contributed by atoms with Crippen LogP contribution in [0, 0.1) is 17.3 Å². The highest BCUT2D eigenvalue weighted by molar-refractivity contribution is 5.95. The highest BCUT2D eigenvalue weighted by Gasteiger charge is 2.47. The Morgan fingerprint density at radius 3 is 2.58 bits per heavy atom. The van der Waals surface area contributed by atoms with Crippen molar-refractivity contribution in [1.29, 1.82) is 0 Å². The van der Waals surface area contributed by atoms with Crippen LogP contribution in [-0.4, -0.2) is 24.9 Å². The molecule has 4 nitrogen and oxygen atoms in total. The molecule has 0 aromatic heterocycles. The smallest absolute Gasteiger partial charge is 0.309 e. The van der Waals surface area contributed by atoms with Crippen molar-refractivity contribution in [1.82, 2.24) is 0 Å². The molecule has 19 heavy (non-hydrogen) atoms. The molecule has 0 bridgehead atoms. The SMILES string of the molecule is COC(=O)C1CCCCCC2ON=C(C(C)(C)C)C21. The zero-order valence-corrected chi connectivity index (χ0v) is 12.4. The predicted molar refractivity (Wildman–Crippen MR) is 73.8 cm³/mol. The van der Waals surface area contributed by atoms with Crippen LogP contribution < -0.4 is 0 Å². The van der Waals surface area contributed by atoms with Gasteiger partial charge in [0.1, 0.15) is 6.10 Å². The van der Waals surface area contributed by atoms with E-state index >= 15 is 0 Å². The molecule has 0 radical (unpaired) electrons. The maximum absolute atomic E-state index is 12.1. The lowest BCUT2D eigenvalue weighted by atomic mass is 9.71. The Labute approximate surface area is 115 Å². The van der Waals surface area contributed by atoms with Gasteiger partial charge in [-0.05, 0) is 19.3 Å². The number of nitrogens with zero attached hydrogens (tertiary/aromatic N) is 1. The van der Waals surface area contributed by atoms with Crippen LogP contribution in [-0.2, 0) is 14.4 Å². The summed E-state index contributed by atoms with van der Waals surface area (Å²) < 4.78 is 5.01. The van der Waals surface area contributed by atoms with Crippen molar-refractivity contribution in [2.24, 2.45) is 22.4 Å². The first kappa shape index (κ1) is 14.4. The molecule has 1 fully saturated rings. The number of hydrogen-bond acceptors (Lipinski definition) is 4. The zero-order valence-electron chi connectivity index (χ0n) is 12.4. The second kappa shape index (κ2) is 5.51. The Hall–Kier alpha value is -1.06. The molecule has 2 aliphatic rings. The van der Waals surface area contributed by atoms with E-state index in [0.29, 0.717) is 0 Å². The molecule has 0 amide bonds. The van der Waals surface area contributed by atoms with E-state index in [4.69, 9.17) is 9.57 Å². The molecule has 0 aromatic carbocycles. The fourth-order valence-electron chi connectivity index (χ4n) is 3.23. The highest BCUT2D eigenvalue weighted by Crippen LogP contribution is 2.40. The third-order valence-electron chi connectivity index (χ3n) is 4.21. The van der Waals surface area contributed by atoms with Crippen LogP contribution in [0.3, 0.4) is 0 Å². The number of esters is 1. The van der Waals surface area contributed by atoms with Crippen LogP contribution in [0.1, 0.15) is 52.9 Å². The monoisotopic (exact) mass is 267 g/mol. The van der Waals surface area contributed by atoms with Crippen molar-refractivity contribution in [2.75, 3.05) is 7.11 Å². The van der Waals surface area contributed by atoms with Crippen LogP contribution in [0.25, 0.3) is 0 Å². The molecule has 3 unspecified atom stereocenters. The second-order valence-electron chi connectivity index (χ2n) is 6.66. The van der Waals surface area contributed by atoms with Crippen molar-refractivity contribution in [3.8, 4) is 0 Å². The number of fused-ring (bicyclic) bond motifs is 1. The molecule has 1 saturated carbocycles. The molecule has 0 N–H and O–H groups in total. The molecular formula is C15H25NO3. The fourth-order valence-corrected chi connectivity index (χ4v) is 3.23. The molecule has 108 valence electrons. The average Bonchev–Trinajstić information content (AvgIpc) is 2.71. The van der Waals surface area contributed by atoms with E-state index in [1.807, 2.05) is 0 Å². The standard InChI is InChI=1S/C15H25NO3/c1-15(2,3)13-12-10(14(17)18-4)8-6-5-7-9-11(12)19-16-13/h10-12H,5-9H2,1-4H3. The molecular weight excluding hydrogens is 242 g/mol. The summed E-state index contributed by atoms with van der Waals surface area (Å²) in [6.45, 7) is 6.39. The number of oxime groups is 1. The third-order valence-corrected chi connectivity index (χ3v) is 4.21. The van der Waals surface area contributed by atoms with Gasteiger partial charge in [-0.1, -0.05) is 38.8 Å². The number of rotatable bonds is 1. The van der Waals surface area contributed by atoms with Gasteiger partial charge in [0.15, 0.2) is 0 Å². The van der Waals surface area contributed by atoms with E-state index in [-0.39, 0.29) is 29.3 Å². The molecule has 3 atom stereocenters. The summed E-state index contributed by atoms with van der Waals surface area (Å²) in [6.07, 6.45) is 5.32. The molecule has 0 aromatic rings. The minimum Gasteiger partial charge on any atom is -0.469 e. The molecule has 1 aliphatic heterocycles. The fraction of sp³-hybridized carbons (Fsp3) is 0.867. The molecule has 0 saturated heterocycles. The Bertz CT molecular complexity index is 370. The first-order chi connectivity index (χ1) is 8.95. The third kappa shape index (κ3) is 2.93. The summed E-state index contributed by atoms with van der Waals surface area (Å²) in [5.74, 6) is -0.122. The van der Waals surface area contributed by atoms with Gasteiger partial charge in [-0.15, -0.1) is 0 Å². The van der Waals surface area contributed by atoms with Crippen LogP contribution in [0.5, 0.6) is 0 Å². The number of methoxy groups -OCH3 is 1. The lowest BCUT2D eigenvalue weighted by Gasteiger charge is -2.32. The molecule has 4 heteroatoms. The first-order valence-electron chi connectivity index (χ1n) is 7.27. The van der Waals surface area contributed by atoms with Gasteiger partial charge in [0.25, 0.3) is 0 Å². The minimum absolute atomic E-state index is 0.0543. The summed E-state index contributed by atoms with van der Waals surface area (Å²) in [5.41, 5.74) is 0.958. The molecule has 1 heterocycles. The summed E-state index contributed by atoms with van der Waals surface area (Å²) in [7, 11) is 1.47. The van der Waals surface area contributed by atoms with E-state index < -0.39 is 0 Å². The Balaban J connectivity index is 2.29. The number of hydrogen-bond donors (Lipinski definition) is 0. The summed E-state index contributed by atoms with van der Waals surface area (Å²) in [5, 5.41) is 4.31. The van der Waals surface area contributed by atoms with E-state index in [2.05, 4.69) is 25.9 Å². The van der Waals surface area contributed by atoms with Gasteiger partial charge in [-0.25, -0.2) is 0 Å². The van der Waals surface area contributed by atoms with E-state index in [1.165, 1.54) is 7.11 Å². The van der Waals surface area contributed by atoms with E-state index in [0.717, 1.165) is 37.8 Å². The highest BCUT2D eigenvalue weighted by atomic mass is 16.6. The lowest BCUT2D eigenvalue weighted by Crippen LogP contribution is -2.41. The summed E-state index contributed by atoms with van der Waals surface area (Å²) in [6, 6.07) is 0. The molecule has 0 spiro atoms. The number of ether oxygens (including phenoxy) is 1. The molecule has 1 aliphatic carbocycles. The van der Waals surface area contributed by atoms with Gasteiger partial charge in [0.05, 0.1) is 24.7 Å². The van der Waals surface area contributed by atoms with Gasteiger partial charge in [-0.3, -0.25) is 4.79 Å². The Kier molecular flexibility index (Phi) is 4.16. The van der Waals surface area contributed by atoms with Crippen LogP contribution in [0.2, 0.25) is 0 Å². The average molecular weight is 267 g/mol. The molecule has 2 rings (SSSR count). The zero-order chi connectivity index (χ0) is 14.0. The predicted octanol–water partition coefficient (Wildman–Crippen LogP) is 3.16. The topological polar surface area (TPSA) is 47.9 Å². The van der Waals surface area contributed by atoms with Gasteiger partial charge >= 0.3 is 5.97 Å². The normalized spacial score (nSPS) is 31.6. The summed E-state index contributed by atoms with van der Waals surface area (Å²) >= 11 is 0. The largest absolute Gasteiger partial charge is 0.469 e.